The van der Waals surface area contributed by atoms with Crippen LogP contribution in [0.1, 0.15) is 57.8 Å². The van der Waals surface area contributed by atoms with E-state index in [4.69, 9.17) is 9.47 Å². The third-order valence-corrected chi connectivity index (χ3v) is 2.97. The van der Waals surface area contributed by atoms with Gasteiger partial charge in [-0.3, -0.25) is 4.79 Å². The van der Waals surface area contributed by atoms with Gasteiger partial charge in [-0.25, -0.2) is 0 Å². The molecule has 0 saturated heterocycles. The van der Waals surface area contributed by atoms with Crippen molar-refractivity contribution in [1.82, 2.24) is 0 Å². The van der Waals surface area contributed by atoms with Crippen LogP contribution in [-0.2, 0) is 0 Å². The molecule has 3 heteroatoms. The molecule has 3 nitrogen and oxygen atoms in total. The van der Waals surface area contributed by atoms with Crippen LogP contribution in [0.5, 0.6) is 11.5 Å². The van der Waals surface area contributed by atoms with E-state index in [1.165, 1.54) is 0 Å². The summed E-state index contributed by atoms with van der Waals surface area (Å²) in [7, 11) is 0. The van der Waals surface area contributed by atoms with Gasteiger partial charge in [0.25, 0.3) is 0 Å². The lowest BCUT2D eigenvalue weighted by atomic mass is 9.88. The molecule has 0 bridgehead atoms. The molecular weight excluding hydrogens is 252 g/mol. The normalized spacial score (nSPS) is 11.2. The molecule has 1 rings (SSSR count). The van der Waals surface area contributed by atoms with Crippen LogP contribution in [0.25, 0.3) is 0 Å². The molecule has 0 aliphatic rings. The van der Waals surface area contributed by atoms with Crippen LogP contribution in [0.3, 0.4) is 0 Å². The first-order valence-electron chi connectivity index (χ1n) is 7.30. The Kier molecular flexibility index (Phi) is 6.05. The fourth-order valence-electron chi connectivity index (χ4n) is 1.86. The van der Waals surface area contributed by atoms with E-state index in [1.54, 1.807) is 6.07 Å². The van der Waals surface area contributed by atoms with E-state index >= 15 is 0 Å². The highest BCUT2D eigenvalue weighted by molar-refractivity contribution is 5.96. The second kappa shape index (κ2) is 7.32. The molecule has 0 amide bonds. The molecule has 1 aromatic rings. The lowest BCUT2D eigenvalue weighted by molar-refractivity contribution is 0.0965. The fourth-order valence-corrected chi connectivity index (χ4v) is 1.86. The zero-order valence-corrected chi connectivity index (χ0v) is 13.3. The maximum Gasteiger partial charge on any atom is 0.163 e. The molecule has 0 N–H and O–H groups in total. The van der Waals surface area contributed by atoms with Gasteiger partial charge in [-0.05, 0) is 43.9 Å². The van der Waals surface area contributed by atoms with E-state index in [2.05, 4.69) is 20.8 Å². The molecule has 0 fully saturated rings. The molecule has 0 heterocycles. The SMILES string of the molecule is CCOc1ccc(C(=O)CCC(C)(C)C)cc1OCC. The first-order valence-corrected chi connectivity index (χ1v) is 7.30. The third kappa shape index (κ3) is 5.24. The van der Waals surface area contributed by atoms with Gasteiger partial charge in [0.15, 0.2) is 17.3 Å². The highest BCUT2D eigenvalue weighted by atomic mass is 16.5. The van der Waals surface area contributed by atoms with Crippen molar-refractivity contribution in [2.24, 2.45) is 5.41 Å². The van der Waals surface area contributed by atoms with Crippen LogP contribution >= 0.6 is 0 Å². The first kappa shape index (κ1) is 16.5. The second-order valence-electron chi connectivity index (χ2n) is 6.01. The lowest BCUT2D eigenvalue weighted by Gasteiger charge is -2.17. The van der Waals surface area contributed by atoms with Gasteiger partial charge in [-0.15, -0.1) is 0 Å². The summed E-state index contributed by atoms with van der Waals surface area (Å²) < 4.78 is 11.1. The van der Waals surface area contributed by atoms with Gasteiger partial charge in [0.05, 0.1) is 13.2 Å². The number of hydrogen-bond donors (Lipinski definition) is 0. The molecule has 0 saturated carbocycles. The number of carbonyl (C=O) groups is 1. The Morgan fingerprint density at radius 3 is 2.20 bits per heavy atom. The highest BCUT2D eigenvalue weighted by Gasteiger charge is 2.16. The van der Waals surface area contributed by atoms with Crippen LogP contribution in [-0.4, -0.2) is 19.0 Å². The Labute approximate surface area is 122 Å². The van der Waals surface area contributed by atoms with E-state index < -0.39 is 0 Å². The van der Waals surface area contributed by atoms with Crippen molar-refractivity contribution in [3.05, 3.63) is 23.8 Å². The van der Waals surface area contributed by atoms with Crippen molar-refractivity contribution in [2.75, 3.05) is 13.2 Å². The largest absolute Gasteiger partial charge is 0.490 e. The number of carbonyl (C=O) groups excluding carboxylic acids is 1. The summed E-state index contributed by atoms with van der Waals surface area (Å²) in [5.41, 5.74) is 0.866. The Bertz CT molecular complexity index is 444. The number of ketones is 1. The van der Waals surface area contributed by atoms with Gasteiger partial charge < -0.3 is 9.47 Å². The minimum Gasteiger partial charge on any atom is -0.490 e. The molecule has 0 unspecified atom stereocenters. The van der Waals surface area contributed by atoms with Crippen LogP contribution in [0.2, 0.25) is 0 Å². The van der Waals surface area contributed by atoms with Gasteiger partial charge in [0.2, 0.25) is 0 Å². The molecular formula is C17H26O3. The predicted molar refractivity (Wildman–Crippen MR) is 81.8 cm³/mol. The molecule has 0 aromatic heterocycles. The van der Waals surface area contributed by atoms with Gasteiger partial charge in [-0.1, -0.05) is 20.8 Å². The highest BCUT2D eigenvalue weighted by Crippen LogP contribution is 2.30. The second-order valence-corrected chi connectivity index (χ2v) is 6.01. The number of benzene rings is 1. The van der Waals surface area contributed by atoms with E-state index in [0.717, 1.165) is 6.42 Å². The van der Waals surface area contributed by atoms with Crippen LogP contribution < -0.4 is 9.47 Å². The molecule has 112 valence electrons. The maximum atomic E-state index is 12.2. The van der Waals surface area contributed by atoms with Gasteiger partial charge in [-0.2, -0.15) is 0 Å². The van der Waals surface area contributed by atoms with E-state index in [1.807, 2.05) is 26.0 Å². The molecule has 1 aromatic carbocycles. The molecule has 0 aliphatic heterocycles. The lowest BCUT2D eigenvalue weighted by Crippen LogP contribution is -2.09. The fraction of sp³-hybridized carbons (Fsp3) is 0.588. The van der Waals surface area contributed by atoms with Crippen LogP contribution in [0, 0.1) is 5.41 Å². The van der Waals surface area contributed by atoms with Crippen molar-refractivity contribution in [2.45, 2.75) is 47.5 Å². The third-order valence-electron chi connectivity index (χ3n) is 2.97. The maximum absolute atomic E-state index is 12.2. The van der Waals surface area contributed by atoms with Crippen LogP contribution in [0.15, 0.2) is 18.2 Å². The minimum atomic E-state index is 0.156. The van der Waals surface area contributed by atoms with E-state index in [-0.39, 0.29) is 11.2 Å². The Morgan fingerprint density at radius 1 is 1.05 bits per heavy atom. The van der Waals surface area contributed by atoms with Gasteiger partial charge in [0.1, 0.15) is 0 Å². The molecule has 0 radical (unpaired) electrons. The summed E-state index contributed by atoms with van der Waals surface area (Å²) in [5, 5.41) is 0. The van der Waals surface area contributed by atoms with Gasteiger partial charge >= 0.3 is 0 Å². The zero-order valence-electron chi connectivity index (χ0n) is 13.3. The Balaban J connectivity index is 2.85. The smallest absolute Gasteiger partial charge is 0.163 e. The summed E-state index contributed by atoms with van der Waals surface area (Å²) in [6.07, 6.45) is 1.44. The summed E-state index contributed by atoms with van der Waals surface area (Å²) in [4.78, 5) is 12.2. The van der Waals surface area contributed by atoms with Crippen molar-refractivity contribution in [3.8, 4) is 11.5 Å². The summed E-state index contributed by atoms with van der Waals surface area (Å²) >= 11 is 0. The summed E-state index contributed by atoms with van der Waals surface area (Å²) in [6.45, 7) is 11.4. The standard InChI is InChI=1S/C17H26O3/c1-6-19-15-9-8-13(12-16(15)20-7-2)14(18)10-11-17(3,4)5/h8-9,12H,6-7,10-11H2,1-5H3. The quantitative estimate of drug-likeness (QED) is 0.689. The van der Waals surface area contributed by atoms with E-state index in [0.29, 0.717) is 36.7 Å². The molecule has 0 atom stereocenters. The Hall–Kier alpha value is -1.51. The number of rotatable bonds is 7. The van der Waals surface area contributed by atoms with Crippen molar-refractivity contribution >= 4 is 5.78 Å². The van der Waals surface area contributed by atoms with Crippen molar-refractivity contribution < 1.29 is 14.3 Å². The van der Waals surface area contributed by atoms with Crippen LogP contribution in [0.4, 0.5) is 0 Å². The number of ether oxygens (including phenoxy) is 2. The molecule has 0 spiro atoms. The molecule has 20 heavy (non-hydrogen) atoms. The topological polar surface area (TPSA) is 35.5 Å². The first-order chi connectivity index (χ1) is 9.37. The average Bonchev–Trinajstić information content (AvgIpc) is 2.37. The minimum absolute atomic E-state index is 0.156. The Morgan fingerprint density at radius 2 is 1.65 bits per heavy atom. The van der Waals surface area contributed by atoms with Crippen molar-refractivity contribution in [3.63, 3.8) is 0 Å². The van der Waals surface area contributed by atoms with Crippen molar-refractivity contribution in [1.29, 1.82) is 0 Å². The summed E-state index contributed by atoms with van der Waals surface area (Å²) in [6, 6.07) is 5.43. The molecule has 0 aliphatic carbocycles. The predicted octanol–water partition coefficient (Wildman–Crippen LogP) is 4.49. The zero-order chi connectivity index (χ0) is 15.2. The summed E-state index contributed by atoms with van der Waals surface area (Å²) in [5.74, 6) is 1.50. The number of Topliss-reactive ketones (excluding diaryl/α,β-unsaturated/α-hetero) is 1. The number of hydrogen-bond acceptors (Lipinski definition) is 3. The van der Waals surface area contributed by atoms with Gasteiger partial charge in [0, 0.05) is 12.0 Å². The van der Waals surface area contributed by atoms with E-state index in [9.17, 15) is 4.79 Å². The monoisotopic (exact) mass is 278 g/mol. The average molecular weight is 278 g/mol.